The molecule has 6 nitrogen and oxygen atoms in total. The van der Waals surface area contributed by atoms with E-state index in [0.29, 0.717) is 11.5 Å². The van der Waals surface area contributed by atoms with Crippen LogP contribution in [0.3, 0.4) is 0 Å². The number of ether oxygens (including phenoxy) is 1. The first-order chi connectivity index (χ1) is 15.7. The molecule has 1 aliphatic heterocycles. The highest BCUT2D eigenvalue weighted by Crippen LogP contribution is 2.32. The molecular formula is C24H27F3N2O4. The second-order valence-corrected chi connectivity index (χ2v) is 8.35. The Labute approximate surface area is 190 Å². The lowest BCUT2D eigenvalue weighted by atomic mass is 9.88. The molecule has 1 amide bonds. The van der Waals surface area contributed by atoms with Crippen LogP contribution in [0.5, 0.6) is 0 Å². The predicted molar refractivity (Wildman–Crippen MR) is 115 cm³/mol. The Hall–Kier alpha value is -2.94. The predicted octanol–water partition coefficient (Wildman–Crippen LogP) is 4.21. The fraction of sp³-hybridized carbons (Fsp3) is 0.458. The molecule has 4 rings (SSSR count). The summed E-state index contributed by atoms with van der Waals surface area (Å²) in [5, 5.41) is 7.12. The molecule has 0 bridgehead atoms. The zero-order valence-corrected chi connectivity index (χ0v) is 18.1. The number of likely N-dealkylation sites (tertiary alicyclic amines) is 1. The number of alkyl halides is 3. The Morgan fingerprint density at radius 3 is 2.36 bits per heavy atom. The second-order valence-electron chi connectivity index (χ2n) is 8.35. The van der Waals surface area contributed by atoms with Crippen LogP contribution < -0.4 is 0 Å². The number of halogens is 3. The molecular weight excluding hydrogens is 437 g/mol. The van der Waals surface area contributed by atoms with Crippen LogP contribution in [0.1, 0.15) is 35.2 Å². The van der Waals surface area contributed by atoms with Crippen LogP contribution in [0.4, 0.5) is 13.2 Å². The number of piperidine rings is 1. The summed E-state index contributed by atoms with van der Waals surface area (Å²) in [4.78, 5) is 27.8. The van der Waals surface area contributed by atoms with E-state index in [1.54, 1.807) is 12.4 Å². The van der Waals surface area contributed by atoms with Crippen LogP contribution in [0.2, 0.25) is 0 Å². The molecule has 1 N–H and O–H groups in total. The summed E-state index contributed by atoms with van der Waals surface area (Å²) in [5.74, 6) is -1.57. The van der Waals surface area contributed by atoms with E-state index in [2.05, 4.69) is 29.2 Å². The number of carbonyl (C=O) groups is 2. The van der Waals surface area contributed by atoms with Crippen LogP contribution in [-0.4, -0.2) is 58.8 Å². The van der Waals surface area contributed by atoms with Crippen molar-refractivity contribution < 1.29 is 32.6 Å². The maximum Gasteiger partial charge on any atom is 0.490 e. The van der Waals surface area contributed by atoms with Gasteiger partial charge in [-0.25, -0.2) is 4.79 Å². The van der Waals surface area contributed by atoms with Crippen LogP contribution in [-0.2, 0) is 16.0 Å². The number of hydrogen-bond donors (Lipinski definition) is 1. The third kappa shape index (κ3) is 7.85. The molecule has 0 unspecified atom stereocenters. The van der Waals surface area contributed by atoms with E-state index >= 15 is 0 Å². The SMILES string of the molecule is O=C(O)C(F)(F)F.O=C(c1cccnc1)N1CC[C@H](OCC2CC2)[C@@H](Cc2ccccc2)C1. The van der Waals surface area contributed by atoms with E-state index in [0.717, 1.165) is 38.5 Å². The summed E-state index contributed by atoms with van der Waals surface area (Å²) >= 11 is 0. The molecule has 0 spiro atoms. The summed E-state index contributed by atoms with van der Waals surface area (Å²) in [6.45, 7) is 2.39. The Balaban J connectivity index is 0.000000383. The highest BCUT2D eigenvalue weighted by atomic mass is 19.4. The van der Waals surface area contributed by atoms with Gasteiger partial charge in [0.1, 0.15) is 0 Å². The summed E-state index contributed by atoms with van der Waals surface area (Å²) in [7, 11) is 0. The maximum absolute atomic E-state index is 12.8. The molecule has 9 heteroatoms. The fourth-order valence-corrected chi connectivity index (χ4v) is 3.74. The number of amides is 1. The van der Waals surface area contributed by atoms with Gasteiger partial charge in [0.25, 0.3) is 5.91 Å². The van der Waals surface area contributed by atoms with Gasteiger partial charge in [-0.2, -0.15) is 13.2 Å². The first-order valence-corrected chi connectivity index (χ1v) is 10.9. The Morgan fingerprint density at radius 2 is 1.79 bits per heavy atom. The minimum absolute atomic E-state index is 0.0804. The standard InChI is InChI=1S/C22H26N2O2.C2HF3O2/c25-22(19-7-4-11-23-14-19)24-12-10-21(26-16-18-8-9-18)20(15-24)13-17-5-2-1-3-6-17;3-2(4,5)1(6)7/h1-7,11,14,18,20-21H,8-10,12-13,15-16H2;(H,6,7)/t20-,21-;/m0./s1. The lowest BCUT2D eigenvalue weighted by molar-refractivity contribution is -0.192. The minimum Gasteiger partial charge on any atom is -0.475 e. The molecule has 1 aromatic carbocycles. The summed E-state index contributed by atoms with van der Waals surface area (Å²) in [6.07, 6.45) is 3.00. The van der Waals surface area contributed by atoms with Gasteiger partial charge in [-0.1, -0.05) is 30.3 Å². The van der Waals surface area contributed by atoms with Gasteiger partial charge in [-0.05, 0) is 49.3 Å². The highest BCUT2D eigenvalue weighted by molar-refractivity contribution is 5.93. The van der Waals surface area contributed by atoms with Crippen LogP contribution >= 0.6 is 0 Å². The first kappa shape index (κ1) is 24.7. The van der Waals surface area contributed by atoms with Crippen molar-refractivity contribution in [3.05, 3.63) is 66.0 Å². The van der Waals surface area contributed by atoms with E-state index in [1.165, 1.54) is 18.4 Å². The van der Waals surface area contributed by atoms with Crippen LogP contribution in [0, 0.1) is 11.8 Å². The monoisotopic (exact) mass is 464 g/mol. The number of nitrogens with zero attached hydrogens (tertiary/aromatic N) is 2. The smallest absolute Gasteiger partial charge is 0.475 e. The average Bonchev–Trinajstić information content (AvgIpc) is 3.63. The van der Waals surface area contributed by atoms with Crippen molar-refractivity contribution in [2.45, 2.75) is 38.0 Å². The van der Waals surface area contributed by atoms with Crippen molar-refractivity contribution in [3.8, 4) is 0 Å². The maximum atomic E-state index is 12.8. The third-order valence-corrected chi connectivity index (χ3v) is 5.69. The topological polar surface area (TPSA) is 79.7 Å². The van der Waals surface area contributed by atoms with Gasteiger partial charge in [0, 0.05) is 38.0 Å². The average molecular weight is 464 g/mol. The van der Waals surface area contributed by atoms with E-state index < -0.39 is 12.1 Å². The molecule has 1 saturated heterocycles. The van der Waals surface area contributed by atoms with Crippen LogP contribution in [0.25, 0.3) is 0 Å². The zero-order chi connectivity index (χ0) is 23.8. The molecule has 33 heavy (non-hydrogen) atoms. The van der Waals surface area contributed by atoms with Crippen molar-refractivity contribution in [3.63, 3.8) is 0 Å². The number of aliphatic carboxylic acids is 1. The number of carboxylic acid groups (broad SMARTS) is 1. The van der Waals surface area contributed by atoms with E-state index in [9.17, 15) is 18.0 Å². The molecule has 2 aliphatic rings. The van der Waals surface area contributed by atoms with Crippen molar-refractivity contribution in [2.24, 2.45) is 11.8 Å². The number of aromatic nitrogens is 1. The lowest BCUT2D eigenvalue weighted by Gasteiger charge is -2.38. The Kier molecular flexibility index (Phi) is 8.43. The number of carbonyl (C=O) groups excluding carboxylic acids is 1. The Bertz CT molecular complexity index is 905. The first-order valence-electron chi connectivity index (χ1n) is 10.9. The van der Waals surface area contributed by atoms with Gasteiger partial charge in [-0.15, -0.1) is 0 Å². The summed E-state index contributed by atoms with van der Waals surface area (Å²) < 4.78 is 38.0. The number of pyridine rings is 1. The Morgan fingerprint density at radius 1 is 1.09 bits per heavy atom. The third-order valence-electron chi connectivity index (χ3n) is 5.69. The van der Waals surface area contributed by atoms with Crippen molar-refractivity contribution >= 4 is 11.9 Å². The molecule has 2 aromatic rings. The summed E-state index contributed by atoms with van der Waals surface area (Å²) in [6, 6.07) is 14.2. The van der Waals surface area contributed by atoms with E-state index in [-0.39, 0.29) is 12.0 Å². The van der Waals surface area contributed by atoms with E-state index in [4.69, 9.17) is 14.6 Å². The van der Waals surface area contributed by atoms with Gasteiger partial charge in [-0.3, -0.25) is 9.78 Å². The van der Waals surface area contributed by atoms with Gasteiger partial charge in [0.05, 0.1) is 11.7 Å². The quantitative estimate of drug-likeness (QED) is 0.693. The van der Waals surface area contributed by atoms with Crippen molar-refractivity contribution in [1.29, 1.82) is 0 Å². The fourth-order valence-electron chi connectivity index (χ4n) is 3.74. The number of benzene rings is 1. The van der Waals surface area contributed by atoms with Gasteiger partial charge in [0.2, 0.25) is 0 Å². The van der Waals surface area contributed by atoms with Crippen LogP contribution in [0.15, 0.2) is 54.9 Å². The number of hydrogen-bond acceptors (Lipinski definition) is 4. The normalized spacial score (nSPS) is 20.5. The number of carboxylic acids is 1. The largest absolute Gasteiger partial charge is 0.490 e. The van der Waals surface area contributed by atoms with Crippen molar-refractivity contribution in [2.75, 3.05) is 19.7 Å². The molecule has 178 valence electrons. The molecule has 1 saturated carbocycles. The lowest BCUT2D eigenvalue weighted by Crippen LogP contribution is -2.47. The molecule has 2 atom stereocenters. The van der Waals surface area contributed by atoms with Gasteiger partial charge < -0.3 is 14.7 Å². The zero-order valence-electron chi connectivity index (χ0n) is 18.1. The molecule has 2 fully saturated rings. The van der Waals surface area contributed by atoms with Crippen molar-refractivity contribution in [1.82, 2.24) is 9.88 Å². The highest BCUT2D eigenvalue weighted by Gasteiger charge is 2.38. The molecule has 2 heterocycles. The van der Waals surface area contributed by atoms with E-state index in [1.807, 2.05) is 23.1 Å². The van der Waals surface area contributed by atoms with Gasteiger partial charge >= 0.3 is 12.1 Å². The molecule has 0 radical (unpaired) electrons. The minimum atomic E-state index is -5.08. The second kappa shape index (κ2) is 11.3. The number of rotatable bonds is 6. The summed E-state index contributed by atoms with van der Waals surface area (Å²) in [5.41, 5.74) is 1.98. The molecule has 1 aliphatic carbocycles. The molecule has 1 aromatic heterocycles. The van der Waals surface area contributed by atoms with Gasteiger partial charge in [0.15, 0.2) is 0 Å².